The molecule has 2 aromatic heterocycles. The van der Waals surface area contributed by atoms with E-state index >= 15 is 0 Å². The van der Waals surface area contributed by atoms with E-state index in [4.69, 9.17) is 10.5 Å². The summed E-state index contributed by atoms with van der Waals surface area (Å²) < 4.78 is 6.35. The van der Waals surface area contributed by atoms with E-state index in [1.807, 2.05) is 0 Å². The molecular weight excluding hydrogens is 374 g/mol. The number of carboxylic acid groups (broad SMARTS) is 1. The van der Waals surface area contributed by atoms with Gasteiger partial charge in [-0.05, 0) is 31.7 Å². The van der Waals surface area contributed by atoms with Crippen LogP contribution in [-0.4, -0.2) is 73.5 Å². The van der Waals surface area contributed by atoms with Crippen LogP contribution >= 0.6 is 0 Å². The summed E-state index contributed by atoms with van der Waals surface area (Å²) in [6.07, 6.45) is 7.36. The first-order chi connectivity index (χ1) is 14.0. The van der Waals surface area contributed by atoms with Gasteiger partial charge in [0.05, 0.1) is 24.9 Å². The van der Waals surface area contributed by atoms with E-state index in [0.29, 0.717) is 37.0 Å². The Labute approximate surface area is 168 Å². The zero-order chi connectivity index (χ0) is 20.0. The van der Waals surface area contributed by atoms with Gasteiger partial charge in [-0.3, -0.25) is 10.00 Å². The minimum Gasteiger partial charge on any atom is -0.477 e. The second kappa shape index (κ2) is 6.96. The van der Waals surface area contributed by atoms with Crippen molar-refractivity contribution >= 4 is 17.7 Å². The highest BCUT2D eigenvalue weighted by atomic mass is 16.5. The number of ether oxygens (including phenoxy) is 1. The Morgan fingerprint density at radius 1 is 1.38 bits per heavy atom. The molecule has 3 atom stereocenters. The molecule has 5 heterocycles. The minimum atomic E-state index is -0.966. The van der Waals surface area contributed by atoms with Gasteiger partial charge in [0.1, 0.15) is 11.5 Å². The first kappa shape index (κ1) is 18.3. The van der Waals surface area contributed by atoms with Crippen molar-refractivity contribution in [2.45, 2.75) is 49.9 Å². The lowest BCUT2D eigenvalue weighted by Crippen LogP contribution is -2.60. The molecule has 0 amide bonds. The highest BCUT2D eigenvalue weighted by molar-refractivity contribution is 5.86. The Morgan fingerprint density at radius 2 is 2.17 bits per heavy atom. The normalized spacial score (nSPS) is 29.4. The van der Waals surface area contributed by atoms with Gasteiger partial charge in [-0.1, -0.05) is 0 Å². The second-order valence-corrected chi connectivity index (χ2v) is 8.28. The van der Waals surface area contributed by atoms with Crippen molar-refractivity contribution in [2.24, 2.45) is 0 Å². The number of nitrogen functional groups attached to an aromatic ring is 1. The Hall–Kier alpha value is -2.72. The third-order valence-electron chi connectivity index (χ3n) is 6.47. The maximum Gasteiger partial charge on any atom is 0.354 e. The number of nitrogens with zero attached hydrogens (tertiary/aromatic N) is 5. The fraction of sp³-hybridized carbons (Fsp3) is 0.579. The van der Waals surface area contributed by atoms with E-state index < -0.39 is 5.97 Å². The third-order valence-corrected chi connectivity index (χ3v) is 6.47. The first-order valence-corrected chi connectivity index (χ1v) is 10.0. The van der Waals surface area contributed by atoms with Gasteiger partial charge >= 0.3 is 5.97 Å². The van der Waals surface area contributed by atoms with Gasteiger partial charge in [-0.2, -0.15) is 10.1 Å². The number of nitrogens with one attached hydrogen (secondary N) is 1. The molecule has 10 nitrogen and oxygen atoms in total. The highest BCUT2D eigenvalue weighted by Gasteiger charge is 2.51. The molecule has 2 bridgehead atoms. The molecule has 3 aliphatic rings. The molecule has 4 N–H and O–H groups in total. The number of hydrogen-bond donors (Lipinski definition) is 3. The molecule has 0 radical (unpaired) electrons. The van der Waals surface area contributed by atoms with Gasteiger partial charge in [-0.25, -0.2) is 9.78 Å². The Bertz CT molecular complexity index is 903. The molecule has 3 saturated heterocycles. The number of aromatic amines is 1. The maximum absolute atomic E-state index is 11.4. The molecule has 0 aliphatic carbocycles. The van der Waals surface area contributed by atoms with Crippen LogP contribution in [0.5, 0.6) is 0 Å². The summed E-state index contributed by atoms with van der Waals surface area (Å²) in [7, 11) is 0. The van der Waals surface area contributed by atoms with E-state index in [2.05, 4.69) is 30.0 Å². The molecule has 10 heteroatoms. The van der Waals surface area contributed by atoms with E-state index in [0.717, 1.165) is 44.3 Å². The summed E-state index contributed by atoms with van der Waals surface area (Å²) in [5.74, 6) is 0.165. The summed E-state index contributed by atoms with van der Waals surface area (Å²) >= 11 is 0. The van der Waals surface area contributed by atoms with E-state index in [1.165, 1.54) is 0 Å². The van der Waals surface area contributed by atoms with Crippen molar-refractivity contribution in [2.75, 3.05) is 30.3 Å². The number of morpholine rings is 1. The van der Waals surface area contributed by atoms with Gasteiger partial charge in [-0.15, -0.1) is 0 Å². The van der Waals surface area contributed by atoms with Crippen molar-refractivity contribution in [3.63, 3.8) is 0 Å². The summed E-state index contributed by atoms with van der Waals surface area (Å²) in [6.45, 7) is 2.75. The van der Waals surface area contributed by atoms with Crippen LogP contribution in [0.1, 0.15) is 41.7 Å². The summed E-state index contributed by atoms with van der Waals surface area (Å²) in [5.41, 5.74) is 6.54. The molecule has 1 unspecified atom stereocenters. The van der Waals surface area contributed by atoms with Crippen molar-refractivity contribution in [3.8, 4) is 0 Å². The zero-order valence-electron chi connectivity index (χ0n) is 16.1. The molecule has 5 rings (SSSR count). The van der Waals surface area contributed by atoms with Crippen LogP contribution in [0.15, 0.2) is 18.5 Å². The largest absolute Gasteiger partial charge is 0.477 e. The Balaban J connectivity index is 1.32. The number of aromatic nitrogens is 4. The average molecular weight is 399 g/mol. The van der Waals surface area contributed by atoms with Gasteiger partial charge < -0.3 is 20.5 Å². The number of rotatable bonds is 4. The molecule has 3 fully saturated rings. The van der Waals surface area contributed by atoms with Crippen LogP contribution in [0.4, 0.5) is 11.8 Å². The van der Waals surface area contributed by atoms with Crippen LogP contribution in [0.3, 0.4) is 0 Å². The summed E-state index contributed by atoms with van der Waals surface area (Å²) in [5, 5.41) is 15.9. The molecule has 29 heavy (non-hydrogen) atoms. The van der Waals surface area contributed by atoms with Crippen LogP contribution in [0.25, 0.3) is 0 Å². The summed E-state index contributed by atoms with van der Waals surface area (Å²) in [6, 6.07) is 2.43. The lowest BCUT2D eigenvalue weighted by molar-refractivity contribution is -0.112. The number of aromatic carboxylic acids is 1. The number of carbonyl (C=O) groups is 1. The summed E-state index contributed by atoms with van der Waals surface area (Å²) in [4.78, 5) is 24.8. The maximum atomic E-state index is 11.4. The predicted octanol–water partition coefficient (Wildman–Crippen LogP) is 0.882. The van der Waals surface area contributed by atoms with E-state index in [-0.39, 0.29) is 11.3 Å². The molecule has 0 saturated carbocycles. The number of H-pyrrole nitrogens is 1. The minimum absolute atomic E-state index is 0.184. The number of nitrogens with two attached hydrogens (primary N) is 1. The number of carboxylic acids is 1. The first-order valence-electron chi connectivity index (χ1n) is 10.0. The molecule has 154 valence electrons. The fourth-order valence-electron chi connectivity index (χ4n) is 5.24. The SMILES string of the molecule is Nc1ccnc(N2CCOC3(C[C@H]4CC[C@@H](C3)N4Cc3cn[nH]c3C(=O)O)C2)n1. The number of piperidine rings is 1. The monoisotopic (exact) mass is 399 g/mol. The highest BCUT2D eigenvalue weighted by Crippen LogP contribution is 2.45. The van der Waals surface area contributed by atoms with Crippen molar-refractivity contribution in [1.82, 2.24) is 25.1 Å². The smallest absolute Gasteiger partial charge is 0.354 e. The van der Waals surface area contributed by atoms with Crippen LogP contribution in [0.2, 0.25) is 0 Å². The Morgan fingerprint density at radius 3 is 2.90 bits per heavy atom. The zero-order valence-corrected chi connectivity index (χ0v) is 16.1. The molecule has 2 aromatic rings. The van der Waals surface area contributed by atoms with Crippen LogP contribution < -0.4 is 10.6 Å². The van der Waals surface area contributed by atoms with Crippen molar-refractivity contribution in [3.05, 3.63) is 29.7 Å². The standard InChI is InChI=1S/C19H25N7O3/c20-15-3-4-21-18(23-15)25-5-6-29-19(11-25)7-13-1-2-14(8-19)26(13)10-12-9-22-24-16(12)17(27)28/h3-4,9,13-14H,1-2,5-8,10-11H2,(H,22,24)(H,27,28)(H2,20,21,23)/t13-,14+,19?. The van der Waals surface area contributed by atoms with Crippen molar-refractivity contribution in [1.29, 1.82) is 0 Å². The Kier molecular flexibility index (Phi) is 4.39. The van der Waals surface area contributed by atoms with E-state index in [9.17, 15) is 9.90 Å². The van der Waals surface area contributed by atoms with E-state index in [1.54, 1.807) is 18.5 Å². The van der Waals surface area contributed by atoms with Gasteiger partial charge in [0, 0.05) is 36.9 Å². The molecule has 3 aliphatic heterocycles. The number of anilines is 2. The molecular formula is C19H25N7O3. The fourth-order valence-corrected chi connectivity index (χ4v) is 5.24. The van der Waals surface area contributed by atoms with Crippen molar-refractivity contribution < 1.29 is 14.6 Å². The van der Waals surface area contributed by atoms with Gasteiger partial charge in [0.25, 0.3) is 0 Å². The lowest BCUT2D eigenvalue weighted by Gasteiger charge is -2.50. The topological polar surface area (TPSA) is 133 Å². The van der Waals surface area contributed by atoms with Crippen LogP contribution in [-0.2, 0) is 11.3 Å². The third kappa shape index (κ3) is 3.32. The van der Waals surface area contributed by atoms with Gasteiger partial charge in [0.2, 0.25) is 5.95 Å². The molecule has 1 spiro atoms. The van der Waals surface area contributed by atoms with Gasteiger partial charge in [0.15, 0.2) is 0 Å². The number of fused-ring (bicyclic) bond motifs is 2. The number of hydrogen-bond acceptors (Lipinski definition) is 8. The second-order valence-electron chi connectivity index (χ2n) is 8.28. The average Bonchev–Trinajstić information content (AvgIpc) is 3.26. The molecule has 0 aromatic carbocycles. The quantitative estimate of drug-likeness (QED) is 0.685. The van der Waals surface area contributed by atoms with Crippen LogP contribution in [0, 0.1) is 0 Å². The lowest BCUT2D eigenvalue weighted by atomic mass is 9.84. The predicted molar refractivity (Wildman–Crippen MR) is 104 cm³/mol.